The molecule has 7 heteroatoms. The van der Waals surface area contributed by atoms with Crippen molar-refractivity contribution in [3.8, 4) is 5.75 Å². The first-order valence-electron chi connectivity index (χ1n) is 7.88. The summed E-state index contributed by atoms with van der Waals surface area (Å²) < 4.78 is 5.32. The highest BCUT2D eigenvalue weighted by Gasteiger charge is 2.24. The van der Waals surface area contributed by atoms with Crippen molar-refractivity contribution in [3.05, 3.63) is 29.8 Å². The number of aliphatic carboxylic acids is 1. The van der Waals surface area contributed by atoms with E-state index in [0.717, 1.165) is 0 Å². The molecule has 1 atom stereocenters. The standard InChI is InChI=1S/C17H24N2O5/c1-4-24-13-7-5-12(6-8-13)16(22)19-15(11(2)3)17(23)18-10-9-14(20)21/h5-8,11,15H,4,9-10H2,1-3H3,(H,18,23)(H,19,22)(H,20,21). The molecule has 0 aliphatic rings. The third kappa shape index (κ3) is 6.28. The van der Waals surface area contributed by atoms with E-state index >= 15 is 0 Å². The largest absolute Gasteiger partial charge is 0.494 e. The van der Waals surface area contributed by atoms with Crippen LogP contribution in [0.15, 0.2) is 24.3 Å². The van der Waals surface area contributed by atoms with Crippen molar-refractivity contribution in [2.75, 3.05) is 13.2 Å². The summed E-state index contributed by atoms with van der Waals surface area (Å²) in [5, 5.41) is 13.8. The van der Waals surface area contributed by atoms with E-state index in [9.17, 15) is 14.4 Å². The molecule has 132 valence electrons. The van der Waals surface area contributed by atoms with Crippen LogP contribution in [0.25, 0.3) is 0 Å². The average molecular weight is 336 g/mol. The van der Waals surface area contributed by atoms with E-state index in [2.05, 4.69) is 10.6 Å². The number of carboxylic acid groups (broad SMARTS) is 1. The molecule has 1 rings (SSSR count). The first-order chi connectivity index (χ1) is 11.3. The van der Waals surface area contributed by atoms with Crippen molar-refractivity contribution < 1.29 is 24.2 Å². The van der Waals surface area contributed by atoms with Crippen molar-refractivity contribution in [2.45, 2.75) is 33.2 Å². The van der Waals surface area contributed by atoms with Gasteiger partial charge in [0, 0.05) is 12.1 Å². The third-order valence-corrected chi connectivity index (χ3v) is 3.30. The number of nitrogens with one attached hydrogen (secondary N) is 2. The number of carbonyl (C=O) groups excluding carboxylic acids is 2. The molecule has 1 aromatic rings. The molecule has 0 heterocycles. The molecule has 0 bridgehead atoms. The van der Waals surface area contributed by atoms with Gasteiger partial charge in [-0.05, 0) is 37.1 Å². The maximum absolute atomic E-state index is 12.3. The van der Waals surface area contributed by atoms with Gasteiger partial charge in [-0.25, -0.2) is 0 Å². The Morgan fingerprint density at radius 2 is 1.79 bits per heavy atom. The molecule has 0 fully saturated rings. The second kappa shape index (κ2) is 9.54. The minimum atomic E-state index is -0.991. The molecular formula is C17H24N2O5. The number of hydrogen-bond donors (Lipinski definition) is 3. The Morgan fingerprint density at radius 3 is 2.29 bits per heavy atom. The van der Waals surface area contributed by atoms with E-state index < -0.39 is 17.9 Å². The molecule has 1 aromatic carbocycles. The molecule has 0 saturated carbocycles. The predicted octanol–water partition coefficient (Wildman–Crippen LogP) is 1.43. The lowest BCUT2D eigenvalue weighted by Crippen LogP contribution is -2.50. The van der Waals surface area contributed by atoms with Crippen molar-refractivity contribution in [3.63, 3.8) is 0 Å². The van der Waals surface area contributed by atoms with Gasteiger partial charge < -0.3 is 20.5 Å². The van der Waals surface area contributed by atoms with Gasteiger partial charge in [-0.3, -0.25) is 14.4 Å². The maximum Gasteiger partial charge on any atom is 0.305 e. The lowest BCUT2D eigenvalue weighted by Gasteiger charge is -2.21. The number of hydrogen-bond acceptors (Lipinski definition) is 4. The number of carbonyl (C=O) groups is 3. The number of rotatable bonds is 9. The fourth-order valence-corrected chi connectivity index (χ4v) is 2.03. The molecule has 1 unspecified atom stereocenters. The van der Waals surface area contributed by atoms with Gasteiger partial charge in [0.1, 0.15) is 11.8 Å². The molecule has 0 radical (unpaired) electrons. The lowest BCUT2D eigenvalue weighted by atomic mass is 10.0. The summed E-state index contributed by atoms with van der Waals surface area (Å²) >= 11 is 0. The van der Waals surface area contributed by atoms with Gasteiger partial charge in [-0.15, -0.1) is 0 Å². The van der Waals surface area contributed by atoms with Gasteiger partial charge in [0.2, 0.25) is 5.91 Å². The fourth-order valence-electron chi connectivity index (χ4n) is 2.03. The minimum Gasteiger partial charge on any atom is -0.494 e. The SMILES string of the molecule is CCOc1ccc(C(=O)NC(C(=O)NCCC(=O)O)C(C)C)cc1. The third-order valence-electron chi connectivity index (χ3n) is 3.30. The highest BCUT2D eigenvalue weighted by atomic mass is 16.5. The molecule has 0 aromatic heterocycles. The van der Waals surface area contributed by atoms with E-state index in [4.69, 9.17) is 9.84 Å². The molecular weight excluding hydrogens is 312 g/mol. The predicted molar refractivity (Wildman–Crippen MR) is 89.0 cm³/mol. The van der Waals surface area contributed by atoms with Crippen molar-refractivity contribution >= 4 is 17.8 Å². The number of benzene rings is 1. The summed E-state index contributed by atoms with van der Waals surface area (Å²) in [5.74, 6) is -1.23. The van der Waals surface area contributed by atoms with Gasteiger partial charge in [0.25, 0.3) is 5.91 Å². The van der Waals surface area contributed by atoms with Gasteiger partial charge in [0.05, 0.1) is 13.0 Å². The van der Waals surface area contributed by atoms with E-state index in [0.29, 0.717) is 17.9 Å². The molecule has 0 aliphatic heterocycles. The zero-order valence-electron chi connectivity index (χ0n) is 14.2. The highest BCUT2D eigenvalue weighted by molar-refractivity contribution is 5.97. The summed E-state index contributed by atoms with van der Waals surface area (Å²) in [6.07, 6.45) is -0.163. The monoisotopic (exact) mass is 336 g/mol. The Kier molecular flexibility index (Phi) is 7.74. The molecule has 3 N–H and O–H groups in total. The van der Waals surface area contributed by atoms with Crippen LogP contribution in [0.5, 0.6) is 5.75 Å². The van der Waals surface area contributed by atoms with Crippen LogP contribution in [0.2, 0.25) is 0 Å². The van der Waals surface area contributed by atoms with Crippen LogP contribution in [0.4, 0.5) is 0 Å². The van der Waals surface area contributed by atoms with Crippen molar-refractivity contribution in [1.82, 2.24) is 10.6 Å². The highest BCUT2D eigenvalue weighted by Crippen LogP contribution is 2.13. The first kappa shape index (κ1) is 19.5. The summed E-state index contributed by atoms with van der Waals surface area (Å²) in [7, 11) is 0. The average Bonchev–Trinajstić information content (AvgIpc) is 2.52. The fraction of sp³-hybridized carbons (Fsp3) is 0.471. The molecule has 24 heavy (non-hydrogen) atoms. The van der Waals surface area contributed by atoms with Gasteiger partial charge in [-0.2, -0.15) is 0 Å². The van der Waals surface area contributed by atoms with Crippen LogP contribution in [0, 0.1) is 5.92 Å². The summed E-state index contributed by atoms with van der Waals surface area (Å²) in [6, 6.07) is 5.89. The topological polar surface area (TPSA) is 105 Å². The quantitative estimate of drug-likeness (QED) is 0.633. The second-order valence-electron chi connectivity index (χ2n) is 5.59. The summed E-state index contributed by atoms with van der Waals surface area (Å²) in [5.41, 5.74) is 0.419. The summed E-state index contributed by atoms with van der Waals surface area (Å²) in [6.45, 7) is 6.05. The first-order valence-corrected chi connectivity index (χ1v) is 7.88. The van der Waals surface area contributed by atoms with E-state index in [-0.39, 0.29) is 24.8 Å². The molecule has 0 saturated heterocycles. The van der Waals surface area contributed by atoms with Gasteiger partial charge in [-0.1, -0.05) is 13.8 Å². The normalized spacial score (nSPS) is 11.7. The smallest absolute Gasteiger partial charge is 0.305 e. The van der Waals surface area contributed by atoms with Crippen molar-refractivity contribution in [1.29, 1.82) is 0 Å². The molecule has 0 aliphatic carbocycles. The lowest BCUT2D eigenvalue weighted by molar-refractivity contribution is -0.137. The number of ether oxygens (including phenoxy) is 1. The van der Waals surface area contributed by atoms with E-state index in [1.807, 2.05) is 6.92 Å². The Labute approximate surface area is 141 Å². The Balaban J connectivity index is 2.67. The second-order valence-corrected chi connectivity index (χ2v) is 5.59. The van der Waals surface area contributed by atoms with Crippen LogP contribution in [-0.4, -0.2) is 42.1 Å². The molecule has 0 spiro atoms. The zero-order valence-corrected chi connectivity index (χ0v) is 14.2. The van der Waals surface area contributed by atoms with Crippen LogP contribution in [-0.2, 0) is 9.59 Å². The zero-order chi connectivity index (χ0) is 18.1. The van der Waals surface area contributed by atoms with Crippen LogP contribution in [0.3, 0.4) is 0 Å². The summed E-state index contributed by atoms with van der Waals surface area (Å²) in [4.78, 5) is 34.9. The van der Waals surface area contributed by atoms with Crippen LogP contribution < -0.4 is 15.4 Å². The van der Waals surface area contributed by atoms with Gasteiger partial charge in [0.15, 0.2) is 0 Å². The number of amides is 2. The Hall–Kier alpha value is -2.57. The minimum absolute atomic E-state index is 0.0241. The molecule has 7 nitrogen and oxygen atoms in total. The van der Waals surface area contributed by atoms with Crippen LogP contribution >= 0.6 is 0 Å². The maximum atomic E-state index is 12.3. The Bertz CT molecular complexity index is 569. The van der Waals surface area contributed by atoms with Gasteiger partial charge >= 0.3 is 5.97 Å². The van der Waals surface area contributed by atoms with Crippen molar-refractivity contribution in [2.24, 2.45) is 5.92 Å². The van der Waals surface area contributed by atoms with E-state index in [1.165, 1.54) is 0 Å². The van der Waals surface area contributed by atoms with Crippen LogP contribution in [0.1, 0.15) is 37.6 Å². The molecule has 2 amide bonds. The Morgan fingerprint density at radius 1 is 1.17 bits per heavy atom. The van der Waals surface area contributed by atoms with E-state index in [1.54, 1.807) is 38.1 Å². The number of carboxylic acids is 1.